The first kappa shape index (κ1) is 12.4. The summed E-state index contributed by atoms with van der Waals surface area (Å²) in [6, 6.07) is 6.00. The minimum Gasteiger partial charge on any atom is -0.330 e. The standard InChI is InChI=1S/C15H20N4/c16-9-5-7-12-14-8-2-4-11-19(14)15(18-12)13-6-1-3-10-17-13/h1,3,6,10H,2,4-5,7-9,11,16H2. The van der Waals surface area contributed by atoms with Gasteiger partial charge in [0, 0.05) is 18.4 Å². The van der Waals surface area contributed by atoms with Crippen molar-refractivity contribution in [3.63, 3.8) is 0 Å². The molecule has 4 nitrogen and oxygen atoms in total. The lowest BCUT2D eigenvalue weighted by Crippen LogP contribution is -2.12. The number of rotatable bonds is 4. The predicted molar refractivity (Wildman–Crippen MR) is 75.8 cm³/mol. The lowest BCUT2D eigenvalue weighted by atomic mass is 10.1. The number of hydrogen-bond acceptors (Lipinski definition) is 3. The Morgan fingerprint density at radius 1 is 1.26 bits per heavy atom. The van der Waals surface area contributed by atoms with Gasteiger partial charge in [0.15, 0.2) is 5.82 Å². The maximum atomic E-state index is 5.62. The molecule has 2 N–H and O–H groups in total. The van der Waals surface area contributed by atoms with E-state index in [1.165, 1.54) is 24.2 Å². The summed E-state index contributed by atoms with van der Waals surface area (Å²) in [4.78, 5) is 9.29. The van der Waals surface area contributed by atoms with Gasteiger partial charge >= 0.3 is 0 Å². The van der Waals surface area contributed by atoms with Gasteiger partial charge in [-0.05, 0) is 50.8 Å². The second-order valence-corrected chi connectivity index (χ2v) is 5.04. The first-order chi connectivity index (χ1) is 9.40. The van der Waals surface area contributed by atoms with E-state index in [0.29, 0.717) is 0 Å². The van der Waals surface area contributed by atoms with Gasteiger partial charge in [0.1, 0.15) is 5.69 Å². The molecule has 0 bridgehead atoms. The third-order valence-corrected chi connectivity index (χ3v) is 3.71. The number of aromatic nitrogens is 3. The topological polar surface area (TPSA) is 56.7 Å². The average Bonchev–Trinajstić information content (AvgIpc) is 2.85. The minimum atomic E-state index is 0.727. The highest BCUT2D eigenvalue weighted by molar-refractivity contribution is 5.51. The molecule has 2 aromatic heterocycles. The van der Waals surface area contributed by atoms with E-state index < -0.39 is 0 Å². The molecule has 3 rings (SSSR count). The summed E-state index contributed by atoms with van der Waals surface area (Å²) in [5, 5.41) is 0. The first-order valence-corrected chi connectivity index (χ1v) is 7.10. The van der Waals surface area contributed by atoms with Gasteiger partial charge in [-0.25, -0.2) is 4.98 Å². The van der Waals surface area contributed by atoms with Crippen molar-refractivity contribution in [2.45, 2.75) is 38.6 Å². The van der Waals surface area contributed by atoms with Crippen LogP contribution in [0.15, 0.2) is 24.4 Å². The Morgan fingerprint density at radius 2 is 2.21 bits per heavy atom. The van der Waals surface area contributed by atoms with Gasteiger partial charge in [-0.1, -0.05) is 6.07 Å². The summed E-state index contributed by atoms with van der Waals surface area (Å²) in [5.74, 6) is 1.03. The van der Waals surface area contributed by atoms with Gasteiger partial charge in [-0.15, -0.1) is 0 Å². The molecule has 0 amide bonds. The van der Waals surface area contributed by atoms with Gasteiger partial charge in [-0.3, -0.25) is 4.98 Å². The van der Waals surface area contributed by atoms with E-state index in [-0.39, 0.29) is 0 Å². The summed E-state index contributed by atoms with van der Waals surface area (Å²) >= 11 is 0. The summed E-state index contributed by atoms with van der Waals surface area (Å²) in [7, 11) is 0. The van der Waals surface area contributed by atoms with E-state index in [1.54, 1.807) is 0 Å². The Kier molecular flexibility index (Phi) is 3.60. The summed E-state index contributed by atoms with van der Waals surface area (Å²) < 4.78 is 2.36. The number of pyridine rings is 1. The van der Waals surface area contributed by atoms with Crippen LogP contribution in [0.1, 0.15) is 30.7 Å². The molecule has 1 aliphatic heterocycles. The Hall–Kier alpha value is -1.68. The van der Waals surface area contributed by atoms with Crippen LogP contribution in [0.25, 0.3) is 11.5 Å². The Morgan fingerprint density at radius 3 is 3.00 bits per heavy atom. The average molecular weight is 256 g/mol. The molecule has 0 spiro atoms. The van der Waals surface area contributed by atoms with Crippen molar-refractivity contribution < 1.29 is 0 Å². The van der Waals surface area contributed by atoms with E-state index in [4.69, 9.17) is 10.7 Å². The summed E-state index contributed by atoms with van der Waals surface area (Å²) in [6.07, 6.45) is 7.46. The largest absolute Gasteiger partial charge is 0.330 e. The van der Waals surface area contributed by atoms with Gasteiger partial charge in [0.25, 0.3) is 0 Å². The van der Waals surface area contributed by atoms with Crippen molar-refractivity contribution in [1.29, 1.82) is 0 Å². The number of nitrogens with two attached hydrogens (primary N) is 1. The highest BCUT2D eigenvalue weighted by Crippen LogP contribution is 2.26. The molecule has 19 heavy (non-hydrogen) atoms. The fourth-order valence-corrected chi connectivity index (χ4v) is 2.78. The third kappa shape index (κ3) is 2.40. The number of hydrogen-bond donors (Lipinski definition) is 1. The fourth-order valence-electron chi connectivity index (χ4n) is 2.78. The molecule has 0 aromatic carbocycles. The van der Waals surface area contributed by atoms with Crippen LogP contribution < -0.4 is 5.73 Å². The van der Waals surface area contributed by atoms with Crippen LogP contribution in [-0.4, -0.2) is 21.1 Å². The lowest BCUT2D eigenvalue weighted by Gasteiger charge is -2.17. The molecular formula is C15H20N4. The smallest absolute Gasteiger partial charge is 0.159 e. The van der Waals surface area contributed by atoms with Crippen molar-refractivity contribution >= 4 is 0 Å². The van der Waals surface area contributed by atoms with E-state index in [9.17, 15) is 0 Å². The van der Waals surface area contributed by atoms with Crippen molar-refractivity contribution in [2.24, 2.45) is 5.73 Å². The third-order valence-electron chi connectivity index (χ3n) is 3.71. The van der Waals surface area contributed by atoms with Gasteiger partial charge in [0.05, 0.1) is 5.69 Å². The van der Waals surface area contributed by atoms with Crippen LogP contribution in [0, 0.1) is 0 Å². The fraction of sp³-hybridized carbons (Fsp3) is 0.467. The minimum absolute atomic E-state index is 0.727. The second kappa shape index (κ2) is 5.53. The zero-order valence-corrected chi connectivity index (χ0v) is 11.2. The molecule has 3 heterocycles. The van der Waals surface area contributed by atoms with Gasteiger partial charge in [-0.2, -0.15) is 0 Å². The van der Waals surface area contributed by atoms with Crippen molar-refractivity contribution in [3.05, 3.63) is 35.8 Å². The maximum Gasteiger partial charge on any atom is 0.159 e. The highest BCUT2D eigenvalue weighted by Gasteiger charge is 2.20. The molecule has 4 heteroatoms. The number of aryl methyl sites for hydroxylation is 1. The van der Waals surface area contributed by atoms with Crippen LogP contribution in [0.4, 0.5) is 0 Å². The van der Waals surface area contributed by atoms with Crippen LogP contribution in [0.5, 0.6) is 0 Å². The van der Waals surface area contributed by atoms with Crippen molar-refractivity contribution in [3.8, 4) is 11.5 Å². The first-order valence-electron chi connectivity index (χ1n) is 7.10. The normalized spacial score (nSPS) is 14.4. The molecule has 1 aliphatic rings. The molecule has 0 fully saturated rings. The van der Waals surface area contributed by atoms with Crippen LogP contribution in [0.3, 0.4) is 0 Å². The highest BCUT2D eigenvalue weighted by atomic mass is 15.1. The molecule has 0 radical (unpaired) electrons. The van der Waals surface area contributed by atoms with E-state index in [1.807, 2.05) is 24.4 Å². The molecular weight excluding hydrogens is 236 g/mol. The Balaban J connectivity index is 2.02. The van der Waals surface area contributed by atoms with Crippen molar-refractivity contribution in [2.75, 3.05) is 6.54 Å². The lowest BCUT2D eigenvalue weighted by molar-refractivity contribution is 0.532. The Labute approximate surface area is 113 Å². The maximum absolute atomic E-state index is 5.62. The van der Waals surface area contributed by atoms with E-state index >= 15 is 0 Å². The number of nitrogens with zero attached hydrogens (tertiary/aromatic N) is 3. The number of fused-ring (bicyclic) bond motifs is 1. The zero-order chi connectivity index (χ0) is 13.1. The molecule has 0 atom stereocenters. The van der Waals surface area contributed by atoms with Crippen LogP contribution >= 0.6 is 0 Å². The molecule has 0 aliphatic carbocycles. The number of imidazole rings is 1. The molecule has 0 unspecified atom stereocenters. The monoisotopic (exact) mass is 256 g/mol. The SMILES string of the molecule is NCCCc1nc(-c2ccccn2)n2c1CCCC2. The Bertz CT molecular complexity index is 545. The molecule has 0 saturated carbocycles. The summed E-state index contributed by atoms with van der Waals surface area (Å²) in [5.41, 5.74) is 9.23. The van der Waals surface area contributed by atoms with Gasteiger partial charge < -0.3 is 10.3 Å². The van der Waals surface area contributed by atoms with Crippen LogP contribution in [-0.2, 0) is 19.4 Å². The summed E-state index contributed by atoms with van der Waals surface area (Å²) in [6.45, 7) is 1.79. The molecule has 0 saturated heterocycles. The van der Waals surface area contributed by atoms with Crippen LogP contribution in [0.2, 0.25) is 0 Å². The molecule has 100 valence electrons. The predicted octanol–water partition coefficient (Wildman–Crippen LogP) is 2.17. The van der Waals surface area contributed by atoms with E-state index in [0.717, 1.165) is 43.9 Å². The molecule has 2 aromatic rings. The van der Waals surface area contributed by atoms with Gasteiger partial charge in [0.2, 0.25) is 0 Å². The zero-order valence-electron chi connectivity index (χ0n) is 11.2. The quantitative estimate of drug-likeness (QED) is 0.912. The second-order valence-electron chi connectivity index (χ2n) is 5.04. The van der Waals surface area contributed by atoms with E-state index in [2.05, 4.69) is 9.55 Å². The van der Waals surface area contributed by atoms with Crippen molar-refractivity contribution in [1.82, 2.24) is 14.5 Å².